The molecule has 0 spiro atoms. The molecule has 0 saturated carbocycles. The van der Waals surface area contributed by atoms with Gasteiger partial charge in [-0.3, -0.25) is 9.80 Å². The Labute approximate surface area is 285 Å². The highest BCUT2D eigenvalue weighted by molar-refractivity contribution is 5.70. The lowest BCUT2D eigenvalue weighted by atomic mass is 9.69. The molecule has 1 saturated heterocycles. The van der Waals surface area contributed by atoms with E-state index < -0.39 is 0 Å². The molecule has 0 N–H and O–H groups in total. The Bertz CT molecular complexity index is 1560. The first-order valence-electron chi connectivity index (χ1n) is 17.4. The first kappa shape index (κ1) is 33.7. The average Bonchev–Trinajstić information content (AvgIpc) is 3.14. The summed E-state index contributed by atoms with van der Waals surface area (Å²) < 4.78 is 22.8. The number of ether oxygens (including phenoxy) is 4. The molecule has 2 aliphatic rings. The van der Waals surface area contributed by atoms with Gasteiger partial charge in [-0.05, 0) is 77.8 Å². The van der Waals surface area contributed by atoms with Gasteiger partial charge in [-0.2, -0.15) is 0 Å². The fourth-order valence-electron chi connectivity index (χ4n) is 6.95. The molecule has 1 fully saturated rings. The van der Waals surface area contributed by atoms with Gasteiger partial charge in [0.2, 0.25) is 0 Å². The summed E-state index contributed by atoms with van der Waals surface area (Å²) >= 11 is 0. The SMILES string of the molecule is CCOC(=O)COCCN1CCN(CCOc2ccc([C@@H]3c4ccc(OCc5ccccc5)cc4CC[C@@H]3c3ccccc3)cc2)CC1. The number of fused-ring (bicyclic) bond motifs is 1. The molecule has 0 aromatic heterocycles. The topological polar surface area (TPSA) is 60.5 Å². The van der Waals surface area contributed by atoms with Gasteiger partial charge in [0.15, 0.2) is 0 Å². The molecule has 48 heavy (non-hydrogen) atoms. The normalized spacial score (nSPS) is 18.2. The lowest BCUT2D eigenvalue weighted by molar-refractivity contribution is -0.148. The van der Waals surface area contributed by atoms with Gasteiger partial charge < -0.3 is 18.9 Å². The second-order valence-electron chi connectivity index (χ2n) is 12.6. The van der Waals surface area contributed by atoms with Crippen LogP contribution in [-0.4, -0.2) is 81.5 Å². The van der Waals surface area contributed by atoms with Crippen molar-refractivity contribution in [1.29, 1.82) is 0 Å². The molecule has 4 aromatic rings. The lowest BCUT2D eigenvalue weighted by Gasteiger charge is -2.35. The van der Waals surface area contributed by atoms with Crippen molar-refractivity contribution in [1.82, 2.24) is 9.80 Å². The largest absolute Gasteiger partial charge is 0.492 e. The Morgan fingerprint density at radius 1 is 0.729 bits per heavy atom. The second-order valence-corrected chi connectivity index (χ2v) is 12.6. The minimum Gasteiger partial charge on any atom is -0.492 e. The predicted molar refractivity (Wildman–Crippen MR) is 189 cm³/mol. The van der Waals surface area contributed by atoms with Crippen molar-refractivity contribution < 1.29 is 23.7 Å². The smallest absolute Gasteiger partial charge is 0.332 e. The van der Waals surface area contributed by atoms with Crippen LogP contribution in [0.15, 0.2) is 103 Å². The Morgan fingerprint density at radius 2 is 1.40 bits per heavy atom. The number of hydrogen-bond donors (Lipinski definition) is 0. The molecular formula is C41H48N2O5. The van der Waals surface area contributed by atoms with Crippen molar-refractivity contribution in [2.45, 2.75) is 38.2 Å². The van der Waals surface area contributed by atoms with Crippen molar-refractivity contribution in [2.75, 3.05) is 65.7 Å². The Morgan fingerprint density at radius 3 is 2.10 bits per heavy atom. The fraction of sp³-hybridized carbons (Fsp3) is 0.390. The van der Waals surface area contributed by atoms with Crippen LogP contribution in [0.3, 0.4) is 0 Å². The molecule has 0 unspecified atom stereocenters. The van der Waals surface area contributed by atoms with Crippen LogP contribution in [0.25, 0.3) is 0 Å². The Balaban J connectivity index is 1.03. The molecule has 0 amide bonds. The van der Waals surface area contributed by atoms with Crippen LogP contribution < -0.4 is 9.47 Å². The van der Waals surface area contributed by atoms with E-state index in [2.05, 4.69) is 107 Å². The predicted octanol–water partition coefficient (Wildman–Crippen LogP) is 6.70. The Kier molecular flexibility index (Phi) is 12.1. The molecule has 1 aliphatic carbocycles. The van der Waals surface area contributed by atoms with Crippen LogP contribution in [0.5, 0.6) is 11.5 Å². The van der Waals surface area contributed by atoms with Crippen molar-refractivity contribution in [3.05, 3.63) is 131 Å². The van der Waals surface area contributed by atoms with E-state index in [4.69, 9.17) is 18.9 Å². The van der Waals surface area contributed by atoms with Crippen LogP contribution >= 0.6 is 0 Å². The van der Waals surface area contributed by atoms with Gasteiger partial charge in [0.25, 0.3) is 0 Å². The van der Waals surface area contributed by atoms with Crippen LogP contribution in [0.2, 0.25) is 0 Å². The molecule has 2 atom stereocenters. The lowest BCUT2D eigenvalue weighted by Crippen LogP contribution is -2.48. The summed E-state index contributed by atoms with van der Waals surface area (Å²) in [4.78, 5) is 16.3. The maximum atomic E-state index is 11.4. The van der Waals surface area contributed by atoms with Gasteiger partial charge in [-0.1, -0.05) is 78.9 Å². The molecule has 1 aliphatic heterocycles. The highest BCUT2D eigenvalue weighted by Crippen LogP contribution is 2.47. The molecule has 0 radical (unpaired) electrons. The summed E-state index contributed by atoms with van der Waals surface area (Å²) in [5, 5.41) is 0. The van der Waals surface area contributed by atoms with Crippen LogP contribution in [0, 0.1) is 0 Å². The minimum atomic E-state index is -0.299. The zero-order valence-electron chi connectivity index (χ0n) is 28.1. The summed E-state index contributed by atoms with van der Waals surface area (Å²) in [5.74, 6) is 2.21. The van der Waals surface area contributed by atoms with Crippen LogP contribution in [-0.2, 0) is 27.3 Å². The summed E-state index contributed by atoms with van der Waals surface area (Å²) in [7, 11) is 0. The van der Waals surface area contributed by atoms with E-state index in [1.807, 2.05) is 6.07 Å². The van der Waals surface area contributed by atoms with E-state index in [1.54, 1.807) is 6.92 Å². The summed E-state index contributed by atoms with van der Waals surface area (Å²) in [6, 6.07) is 36.8. The molecular weight excluding hydrogens is 600 g/mol. The van der Waals surface area contributed by atoms with E-state index in [0.29, 0.717) is 32.3 Å². The van der Waals surface area contributed by atoms with Gasteiger partial charge in [0, 0.05) is 45.2 Å². The highest BCUT2D eigenvalue weighted by atomic mass is 16.6. The quantitative estimate of drug-likeness (QED) is 0.105. The standard InChI is InChI=1S/C41H48N2O5/c1-2-46-40(44)31-45-27-25-42-21-23-43(24-22-42)26-28-47-36-16-13-34(14-17-36)41-38(33-11-7-4-8-12-33)19-15-35-29-37(18-20-39(35)41)48-30-32-9-5-3-6-10-32/h3-14,16-18,20,29,38,41H,2,15,19,21-28,30-31H2,1H3/t38-,41+/m1/s1. The third kappa shape index (κ3) is 9.25. The number of hydrogen-bond acceptors (Lipinski definition) is 7. The zero-order chi connectivity index (χ0) is 33.0. The molecule has 252 valence electrons. The first-order chi connectivity index (χ1) is 23.7. The molecule has 7 nitrogen and oxygen atoms in total. The number of carbonyl (C=O) groups is 1. The van der Waals surface area contributed by atoms with Crippen molar-refractivity contribution in [3.8, 4) is 11.5 Å². The molecule has 4 aromatic carbocycles. The number of rotatable bonds is 15. The number of esters is 1. The fourth-order valence-corrected chi connectivity index (χ4v) is 6.95. The number of benzene rings is 4. The van der Waals surface area contributed by atoms with E-state index in [-0.39, 0.29) is 18.5 Å². The van der Waals surface area contributed by atoms with Gasteiger partial charge in [0.05, 0.1) is 13.2 Å². The van der Waals surface area contributed by atoms with E-state index in [9.17, 15) is 4.79 Å². The molecule has 7 heteroatoms. The van der Waals surface area contributed by atoms with Gasteiger partial charge in [0.1, 0.15) is 31.3 Å². The summed E-state index contributed by atoms with van der Waals surface area (Å²) in [6.07, 6.45) is 2.13. The minimum absolute atomic E-state index is 0.0273. The number of piperazine rings is 1. The third-order valence-electron chi connectivity index (χ3n) is 9.51. The summed E-state index contributed by atoms with van der Waals surface area (Å²) in [6.45, 7) is 9.70. The zero-order valence-corrected chi connectivity index (χ0v) is 28.1. The molecule has 0 bridgehead atoms. The third-order valence-corrected chi connectivity index (χ3v) is 9.51. The van der Waals surface area contributed by atoms with Crippen molar-refractivity contribution in [2.24, 2.45) is 0 Å². The number of aryl methyl sites for hydroxylation is 1. The van der Waals surface area contributed by atoms with E-state index in [0.717, 1.165) is 63.6 Å². The van der Waals surface area contributed by atoms with Crippen molar-refractivity contribution >= 4 is 5.97 Å². The molecule has 6 rings (SSSR count). The van der Waals surface area contributed by atoms with E-state index >= 15 is 0 Å². The van der Waals surface area contributed by atoms with Crippen LogP contribution in [0.4, 0.5) is 0 Å². The number of nitrogens with zero attached hydrogens (tertiary/aromatic N) is 2. The monoisotopic (exact) mass is 648 g/mol. The van der Waals surface area contributed by atoms with Gasteiger partial charge >= 0.3 is 5.97 Å². The summed E-state index contributed by atoms with van der Waals surface area (Å²) in [5.41, 5.74) is 6.65. The maximum absolute atomic E-state index is 11.4. The average molecular weight is 649 g/mol. The Hall–Kier alpha value is -4.17. The number of carbonyl (C=O) groups excluding carboxylic acids is 1. The molecule has 1 heterocycles. The van der Waals surface area contributed by atoms with Gasteiger partial charge in [-0.25, -0.2) is 4.79 Å². The second kappa shape index (κ2) is 17.3. The van der Waals surface area contributed by atoms with E-state index in [1.165, 1.54) is 27.8 Å². The van der Waals surface area contributed by atoms with Crippen LogP contribution in [0.1, 0.15) is 53.0 Å². The van der Waals surface area contributed by atoms with Gasteiger partial charge in [-0.15, -0.1) is 0 Å². The van der Waals surface area contributed by atoms with Crippen molar-refractivity contribution in [3.63, 3.8) is 0 Å². The maximum Gasteiger partial charge on any atom is 0.332 e. The first-order valence-corrected chi connectivity index (χ1v) is 17.4. The highest BCUT2D eigenvalue weighted by Gasteiger charge is 2.32.